The number of nitrogens with zero attached hydrogens (tertiary/aromatic N) is 7. The molecule has 34 heavy (non-hydrogen) atoms. The molecule has 10 nitrogen and oxygen atoms in total. The number of carbonyl (C=O) groups excluding carboxylic acids is 2. The molecule has 1 saturated heterocycles. The van der Waals surface area contributed by atoms with Gasteiger partial charge in [0, 0.05) is 51.5 Å². The molecule has 1 aliphatic heterocycles. The van der Waals surface area contributed by atoms with Crippen LogP contribution in [-0.2, 0) is 11.3 Å². The zero-order valence-electron chi connectivity index (χ0n) is 18.6. The Bertz CT molecular complexity index is 1140. The number of rotatable bonds is 9. The van der Waals surface area contributed by atoms with Gasteiger partial charge in [0.2, 0.25) is 11.9 Å². The summed E-state index contributed by atoms with van der Waals surface area (Å²) in [7, 11) is 0. The Morgan fingerprint density at radius 1 is 1.00 bits per heavy atom. The van der Waals surface area contributed by atoms with Crippen molar-refractivity contribution in [2.24, 2.45) is 5.73 Å². The lowest BCUT2D eigenvalue weighted by molar-refractivity contribution is -0.131. The Kier molecular flexibility index (Phi) is 7.24. The van der Waals surface area contributed by atoms with Gasteiger partial charge in [0.05, 0.1) is 11.9 Å². The molecule has 12 heteroatoms. The van der Waals surface area contributed by atoms with Crippen LogP contribution in [0.5, 0.6) is 0 Å². The largest absolute Gasteiger partial charge is 0.364 e. The van der Waals surface area contributed by atoms with Crippen LogP contribution in [0.1, 0.15) is 48.2 Å². The number of aromatic nitrogens is 5. The predicted octanol–water partition coefficient (Wildman–Crippen LogP) is 2.17. The minimum atomic E-state index is -2.59. The lowest BCUT2D eigenvalue weighted by atomic mass is 10.1. The molecule has 2 amide bonds. The summed E-state index contributed by atoms with van der Waals surface area (Å²) in [4.78, 5) is 44.2. The number of piperazine rings is 1. The minimum absolute atomic E-state index is 0.106. The van der Waals surface area contributed by atoms with E-state index in [-0.39, 0.29) is 17.2 Å². The number of pyridine rings is 1. The first-order valence-electron chi connectivity index (χ1n) is 11.2. The second kappa shape index (κ2) is 10.5. The van der Waals surface area contributed by atoms with Crippen molar-refractivity contribution in [1.29, 1.82) is 0 Å². The molecular formula is C22H26F2N8O2. The fourth-order valence-electron chi connectivity index (χ4n) is 3.90. The van der Waals surface area contributed by atoms with Crippen molar-refractivity contribution in [2.45, 2.75) is 38.7 Å². The number of halogens is 2. The van der Waals surface area contributed by atoms with Crippen LogP contribution in [0.25, 0.3) is 11.2 Å². The molecule has 0 spiro atoms. The number of carbonyl (C=O) groups is 2. The van der Waals surface area contributed by atoms with E-state index in [9.17, 15) is 18.4 Å². The third kappa shape index (κ3) is 5.43. The lowest BCUT2D eigenvalue weighted by Crippen LogP contribution is -2.49. The Morgan fingerprint density at radius 3 is 2.41 bits per heavy atom. The zero-order chi connectivity index (χ0) is 24.1. The summed E-state index contributed by atoms with van der Waals surface area (Å²) >= 11 is 0. The van der Waals surface area contributed by atoms with Crippen molar-refractivity contribution in [1.82, 2.24) is 29.4 Å². The molecule has 4 heterocycles. The van der Waals surface area contributed by atoms with Crippen LogP contribution in [0, 0.1) is 0 Å². The molecule has 0 bridgehead atoms. The maximum absolute atomic E-state index is 12.6. The molecule has 3 aromatic heterocycles. The molecule has 0 saturated carbocycles. The topological polar surface area (TPSA) is 123 Å². The first kappa shape index (κ1) is 23.5. The second-order valence-corrected chi connectivity index (χ2v) is 8.14. The highest BCUT2D eigenvalue weighted by Gasteiger charge is 2.22. The van der Waals surface area contributed by atoms with Gasteiger partial charge in [-0.2, -0.15) is 0 Å². The van der Waals surface area contributed by atoms with Gasteiger partial charge in [-0.05, 0) is 25.0 Å². The van der Waals surface area contributed by atoms with Crippen LogP contribution in [0.4, 0.5) is 14.7 Å². The number of hydrogen-bond acceptors (Lipinski definition) is 7. The van der Waals surface area contributed by atoms with E-state index in [4.69, 9.17) is 5.73 Å². The summed E-state index contributed by atoms with van der Waals surface area (Å²) in [6, 6.07) is 3.28. The lowest BCUT2D eigenvalue weighted by Gasteiger charge is -2.34. The smallest absolute Gasteiger partial charge is 0.267 e. The van der Waals surface area contributed by atoms with Gasteiger partial charge in [0.15, 0.2) is 5.65 Å². The quantitative estimate of drug-likeness (QED) is 0.474. The minimum Gasteiger partial charge on any atom is -0.364 e. The predicted molar refractivity (Wildman–Crippen MR) is 120 cm³/mol. The first-order chi connectivity index (χ1) is 16.4. The second-order valence-electron chi connectivity index (χ2n) is 8.14. The average molecular weight is 473 g/mol. The molecule has 0 radical (unpaired) electrons. The molecule has 0 atom stereocenters. The van der Waals surface area contributed by atoms with Gasteiger partial charge in [0.1, 0.15) is 11.2 Å². The Hall–Kier alpha value is -3.70. The Balaban J connectivity index is 1.18. The highest BCUT2D eigenvalue weighted by Crippen LogP contribution is 2.19. The van der Waals surface area contributed by atoms with Gasteiger partial charge < -0.3 is 20.1 Å². The number of amides is 2. The molecular weight excluding hydrogens is 446 g/mol. The van der Waals surface area contributed by atoms with Crippen LogP contribution in [0.2, 0.25) is 0 Å². The summed E-state index contributed by atoms with van der Waals surface area (Å²) in [5.74, 6) is -0.0680. The summed E-state index contributed by atoms with van der Waals surface area (Å²) in [5.41, 5.74) is 6.63. The Labute approximate surface area is 194 Å². The van der Waals surface area contributed by atoms with E-state index in [2.05, 4.69) is 19.9 Å². The van der Waals surface area contributed by atoms with E-state index in [0.29, 0.717) is 56.3 Å². The van der Waals surface area contributed by atoms with Gasteiger partial charge in [0.25, 0.3) is 12.3 Å². The monoisotopic (exact) mass is 472 g/mol. The van der Waals surface area contributed by atoms with Crippen LogP contribution in [-0.4, -0.2) is 67.4 Å². The van der Waals surface area contributed by atoms with Crippen LogP contribution in [0.15, 0.2) is 30.9 Å². The van der Waals surface area contributed by atoms with Gasteiger partial charge in [-0.3, -0.25) is 9.59 Å². The highest BCUT2D eigenvalue weighted by molar-refractivity contribution is 5.92. The van der Waals surface area contributed by atoms with Crippen molar-refractivity contribution in [3.8, 4) is 0 Å². The van der Waals surface area contributed by atoms with Crippen molar-refractivity contribution < 1.29 is 18.4 Å². The molecule has 0 aliphatic carbocycles. The van der Waals surface area contributed by atoms with Crippen LogP contribution >= 0.6 is 0 Å². The highest BCUT2D eigenvalue weighted by atomic mass is 19.3. The third-order valence-corrected chi connectivity index (χ3v) is 5.83. The number of primary amides is 1. The summed E-state index contributed by atoms with van der Waals surface area (Å²) < 4.78 is 27.2. The Morgan fingerprint density at radius 2 is 1.74 bits per heavy atom. The van der Waals surface area contributed by atoms with Gasteiger partial charge >= 0.3 is 0 Å². The first-order valence-corrected chi connectivity index (χ1v) is 11.2. The number of imidazole rings is 1. The van der Waals surface area contributed by atoms with Crippen molar-refractivity contribution in [3.63, 3.8) is 0 Å². The maximum Gasteiger partial charge on any atom is 0.267 e. The number of unbranched alkanes of at least 4 members (excludes halogenated alkanes) is 2. The number of nitrogens with two attached hydrogens (primary N) is 1. The van der Waals surface area contributed by atoms with Crippen LogP contribution in [0.3, 0.4) is 0 Å². The third-order valence-electron chi connectivity index (χ3n) is 5.83. The average Bonchev–Trinajstić information content (AvgIpc) is 3.26. The summed E-state index contributed by atoms with van der Waals surface area (Å²) in [5, 5.41) is 0. The molecule has 3 aromatic rings. The molecule has 4 rings (SSSR count). The molecule has 2 N–H and O–H groups in total. The van der Waals surface area contributed by atoms with E-state index < -0.39 is 12.3 Å². The fourth-order valence-corrected chi connectivity index (χ4v) is 3.90. The number of anilines is 1. The van der Waals surface area contributed by atoms with Crippen LogP contribution < -0.4 is 10.6 Å². The standard InChI is InChI=1S/C22H26F2N8O2/c23-19(24)15-12-26-22(27-13-15)31-10-8-30(9-11-31)18(33)4-2-1-3-7-32-14-28-17-6-5-16(20(25)34)29-21(17)32/h5-6,12-14,19H,1-4,7-11H2,(H2,25,34). The van der Waals surface area contributed by atoms with E-state index >= 15 is 0 Å². The number of aryl methyl sites for hydroxylation is 1. The SMILES string of the molecule is NC(=O)c1ccc2ncn(CCCCCC(=O)N3CCN(c4ncc(C(F)F)cn4)CC3)c2n1. The van der Waals surface area contributed by atoms with E-state index in [1.54, 1.807) is 18.5 Å². The zero-order valence-corrected chi connectivity index (χ0v) is 18.6. The van der Waals surface area contributed by atoms with E-state index in [1.165, 1.54) is 0 Å². The molecule has 1 aliphatic rings. The van der Waals surface area contributed by atoms with E-state index in [0.717, 1.165) is 31.7 Å². The molecule has 0 unspecified atom stereocenters. The van der Waals surface area contributed by atoms with Gasteiger partial charge in [-0.15, -0.1) is 0 Å². The molecule has 1 fully saturated rings. The molecule has 0 aromatic carbocycles. The van der Waals surface area contributed by atoms with E-state index in [1.807, 2.05) is 14.4 Å². The number of alkyl halides is 2. The summed E-state index contributed by atoms with van der Waals surface area (Å²) in [6.07, 6.45) is 4.34. The number of fused-ring (bicyclic) bond motifs is 1. The normalized spacial score (nSPS) is 14.2. The molecule has 180 valence electrons. The van der Waals surface area contributed by atoms with Gasteiger partial charge in [-0.25, -0.2) is 28.7 Å². The fraction of sp³-hybridized carbons (Fsp3) is 0.455. The van der Waals surface area contributed by atoms with Crippen molar-refractivity contribution in [3.05, 3.63) is 42.1 Å². The maximum atomic E-state index is 12.6. The van der Waals surface area contributed by atoms with Crippen molar-refractivity contribution >= 4 is 28.9 Å². The summed E-state index contributed by atoms with van der Waals surface area (Å²) in [6.45, 7) is 2.91. The van der Waals surface area contributed by atoms with Crippen molar-refractivity contribution in [2.75, 3.05) is 31.1 Å². The number of hydrogen-bond donors (Lipinski definition) is 1. The van der Waals surface area contributed by atoms with Gasteiger partial charge in [-0.1, -0.05) is 6.42 Å².